The highest BCUT2D eigenvalue weighted by molar-refractivity contribution is 5.95. The van der Waals surface area contributed by atoms with E-state index < -0.39 is 0 Å². The number of benzene rings is 3. The molecule has 27 heavy (non-hydrogen) atoms. The van der Waals surface area contributed by atoms with Gasteiger partial charge in [0.05, 0.1) is 5.69 Å². The lowest BCUT2D eigenvalue weighted by molar-refractivity contribution is 1.12. The van der Waals surface area contributed by atoms with E-state index in [9.17, 15) is 0 Å². The molecule has 0 radical (unpaired) electrons. The predicted molar refractivity (Wildman–Crippen MR) is 118 cm³/mol. The van der Waals surface area contributed by atoms with Gasteiger partial charge in [-0.15, -0.1) is 12.4 Å². The summed E-state index contributed by atoms with van der Waals surface area (Å²) in [5.41, 5.74) is 5.90. The molecule has 4 rings (SSSR count). The lowest BCUT2D eigenvalue weighted by Crippen LogP contribution is -2.03. The number of nitrogens with one attached hydrogen (secondary N) is 1. The normalized spacial score (nSPS) is 10.4. The molecule has 1 N–H and O–H groups in total. The van der Waals surface area contributed by atoms with Crippen molar-refractivity contribution in [3.63, 3.8) is 0 Å². The van der Waals surface area contributed by atoms with Crippen LogP contribution in [0.4, 0.5) is 5.82 Å². The summed E-state index contributed by atoms with van der Waals surface area (Å²) in [6.07, 6.45) is 0. The molecule has 0 saturated heterocycles. The first-order valence-electron chi connectivity index (χ1n) is 8.95. The van der Waals surface area contributed by atoms with E-state index >= 15 is 0 Å². The largest absolute Gasteiger partial charge is 0.365 e. The van der Waals surface area contributed by atoms with Crippen molar-refractivity contribution < 1.29 is 0 Å². The molecule has 0 aliphatic rings. The summed E-state index contributed by atoms with van der Waals surface area (Å²) in [5, 5.41) is 5.91. The van der Waals surface area contributed by atoms with Crippen molar-refractivity contribution in [2.24, 2.45) is 0 Å². The number of hydrogen-bond acceptors (Lipinski definition) is 2. The molecule has 0 aliphatic heterocycles. The quantitative estimate of drug-likeness (QED) is 0.438. The van der Waals surface area contributed by atoms with E-state index in [0.29, 0.717) is 0 Å². The summed E-state index contributed by atoms with van der Waals surface area (Å²) in [6.45, 7) is 5.00. The number of halogens is 1. The Morgan fingerprint density at radius 2 is 1.56 bits per heavy atom. The van der Waals surface area contributed by atoms with Crippen LogP contribution < -0.4 is 5.32 Å². The number of fused-ring (bicyclic) bond motifs is 1. The van der Waals surface area contributed by atoms with Crippen molar-refractivity contribution in [1.29, 1.82) is 0 Å². The van der Waals surface area contributed by atoms with Gasteiger partial charge in [0.1, 0.15) is 5.82 Å². The molecule has 4 aromatic rings. The Balaban J connectivity index is 0.00000210. The van der Waals surface area contributed by atoms with Gasteiger partial charge in [-0.3, -0.25) is 0 Å². The van der Waals surface area contributed by atoms with Gasteiger partial charge in [-0.05, 0) is 36.9 Å². The van der Waals surface area contributed by atoms with Crippen LogP contribution in [0.1, 0.15) is 16.7 Å². The standard InChI is InChI=1S/C24H22N2.ClH/c1-17-7-6-10-20(13-17)23-15-21-14-18(2)11-12-22(21)24(26-23)25-16-19-8-4-3-5-9-19;/h3-15H,16H2,1-2H3,(H,25,26);1H. The number of aryl methyl sites for hydroxylation is 2. The Kier molecular flexibility index (Phi) is 5.78. The molecule has 0 bridgehead atoms. The molecule has 0 spiro atoms. The van der Waals surface area contributed by atoms with E-state index in [0.717, 1.165) is 29.0 Å². The average Bonchev–Trinajstić information content (AvgIpc) is 2.66. The lowest BCUT2D eigenvalue weighted by atomic mass is 10.0. The summed E-state index contributed by atoms with van der Waals surface area (Å²) in [6, 6.07) is 27.6. The molecule has 0 amide bonds. The highest BCUT2D eigenvalue weighted by Crippen LogP contribution is 2.29. The summed E-state index contributed by atoms with van der Waals surface area (Å²) in [4.78, 5) is 4.95. The number of hydrogen-bond donors (Lipinski definition) is 1. The van der Waals surface area contributed by atoms with Gasteiger partial charge >= 0.3 is 0 Å². The zero-order chi connectivity index (χ0) is 17.9. The molecular weight excluding hydrogens is 352 g/mol. The maximum Gasteiger partial charge on any atom is 0.134 e. The van der Waals surface area contributed by atoms with E-state index in [1.54, 1.807) is 0 Å². The first-order valence-corrected chi connectivity index (χ1v) is 8.95. The van der Waals surface area contributed by atoms with Gasteiger partial charge in [0.2, 0.25) is 0 Å². The predicted octanol–water partition coefficient (Wildman–Crippen LogP) is 6.55. The highest BCUT2D eigenvalue weighted by atomic mass is 35.5. The second-order valence-corrected chi connectivity index (χ2v) is 6.79. The summed E-state index contributed by atoms with van der Waals surface area (Å²) in [5.74, 6) is 0.933. The third kappa shape index (κ3) is 4.29. The van der Waals surface area contributed by atoms with Crippen molar-refractivity contribution in [1.82, 2.24) is 4.98 Å². The van der Waals surface area contributed by atoms with Crippen LogP contribution in [0, 0.1) is 13.8 Å². The highest BCUT2D eigenvalue weighted by Gasteiger charge is 2.08. The van der Waals surface area contributed by atoms with Crippen molar-refractivity contribution in [2.45, 2.75) is 20.4 Å². The summed E-state index contributed by atoms with van der Waals surface area (Å²) < 4.78 is 0. The number of nitrogens with zero attached hydrogens (tertiary/aromatic N) is 1. The number of anilines is 1. The fraction of sp³-hybridized carbons (Fsp3) is 0.125. The minimum atomic E-state index is 0. The van der Waals surface area contributed by atoms with Gasteiger partial charge in [-0.25, -0.2) is 4.98 Å². The van der Waals surface area contributed by atoms with Gasteiger partial charge in [0.15, 0.2) is 0 Å². The summed E-state index contributed by atoms with van der Waals surface area (Å²) in [7, 11) is 0. The molecule has 3 aromatic carbocycles. The van der Waals surface area contributed by atoms with Crippen LogP contribution in [0.25, 0.3) is 22.0 Å². The Hall–Kier alpha value is -2.84. The Labute approximate surface area is 166 Å². The molecule has 136 valence electrons. The second-order valence-electron chi connectivity index (χ2n) is 6.79. The van der Waals surface area contributed by atoms with Crippen LogP contribution in [0.15, 0.2) is 78.9 Å². The fourth-order valence-electron chi connectivity index (χ4n) is 3.25. The second kappa shape index (κ2) is 8.24. The third-order valence-electron chi connectivity index (χ3n) is 4.60. The Morgan fingerprint density at radius 3 is 2.33 bits per heavy atom. The van der Waals surface area contributed by atoms with Gasteiger partial charge in [0.25, 0.3) is 0 Å². The van der Waals surface area contributed by atoms with E-state index in [1.165, 1.54) is 22.1 Å². The third-order valence-corrected chi connectivity index (χ3v) is 4.60. The molecule has 0 fully saturated rings. The van der Waals surface area contributed by atoms with Crippen LogP contribution >= 0.6 is 12.4 Å². The summed E-state index contributed by atoms with van der Waals surface area (Å²) >= 11 is 0. The van der Waals surface area contributed by atoms with Gasteiger partial charge in [-0.1, -0.05) is 77.9 Å². The Morgan fingerprint density at radius 1 is 0.778 bits per heavy atom. The van der Waals surface area contributed by atoms with E-state index in [-0.39, 0.29) is 12.4 Å². The molecule has 3 heteroatoms. The lowest BCUT2D eigenvalue weighted by Gasteiger charge is -2.13. The SMILES string of the molecule is Cc1cccc(-c2cc3cc(C)ccc3c(NCc3ccccc3)n2)c1.Cl. The molecule has 2 nitrogen and oxygen atoms in total. The minimum absolute atomic E-state index is 0. The number of pyridine rings is 1. The van der Waals surface area contributed by atoms with Crippen LogP contribution in [0.2, 0.25) is 0 Å². The van der Waals surface area contributed by atoms with Crippen LogP contribution in [0.3, 0.4) is 0 Å². The van der Waals surface area contributed by atoms with Gasteiger partial charge < -0.3 is 5.32 Å². The van der Waals surface area contributed by atoms with E-state index in [4.69, 9.17) is 4.98 Å². The molecular formula is C24H23ClN2. The molecule has 0 aliphatic carbocycles. The molecule has 0 atom stereocenters. The maximum absolute atomic E-state index is 4.95. The monoisotopic (exact) mass is 374 g/mol. The van der Waals surface area contributed by atoms with E-state index in [2.05, 4.69) is 92.0 Å². The molecule has 0 unspecified atom stereocenters. The zero-order valence-electron chi connectivity index (χ0n) is 15.6. The zero-order valence-corrected chi connectivity index (χ0v) is 16.4. The molecule has 0 saturated carbocycles. The van der Waals surface area contributed by atoms with E-state index in [1.807, 2.05) is 6.07 Å². The number of aromatic nitrogens is 1. The first kappa shape index (κ1) is 18.9. The van der Waals surface area contributed by atoms with Gasteiger partial charge in [0, 0.05) is 17.5 Å². The van der Waals surface area contributed by atoms with Crippen LogP contribution in [-0.2, 0) is 6.54 Å². The van der Waals surface area contributed by atoms with Crippen molar-refractivity contribution >= 4 is 29.0 Å². The minimum Gasteiger partial charge on any atom is -0.365 e. The Bertz CT molecular complexity index is 1060. The topological polar surface area (TPSA) is 24.9 Å². The smallest absolute Gasteiger partial charge is 0.134 e. The average molecular weight is 375 g/mol. The van der Waals surface area contributed by atoms with Crippen LogP contribution in [0.5, 0.6) is 0 Å². The number of rotatable bonds is 4. The fourth-order valence-corrected chi connectivity index (χ4v) is 3.25. The molecule has 1 aromatic heterocycles. The molecule has 1 heterocycles. The van der Waals surface area contributed by atoms with Crippen molar-refractivity contribution in [2.75, 3.05) is 5.32 Å². The van der Waals surface area contributed by atoms with Crippen molar-refractivity contribution in [3.05, 3.63) is 95.6 Å². The maximum atomic E-state index is 4.95. The first-order chi connectivity index (χ1) is 12.7. The van der Waals surface area contributed by atoms with Crippen molar-refractivity contribution in [3.8, 4) is 11.3 Å². The van der Waals surface area contributed by atoms with Gasteiger partial charge in [-0.2, -0.15) is 0 Å². The van der Waals surface area contributed by atoms with Crippen LogP contribution in [-0.4, -0.2) is 4.98 Å².